The molecule has 0 spiro atoms. The van der Waals surface area contributed by atoms with E-state index in [4.69, 9.17) is 0 Å². The maximum atomic E-state index is 3.52. The van der Waals surface area contributed by atoms with Crippen LogP contribution in [-0.4, -0.2) is 31.6 Å². The molecule has 0 unspecified atom stereocenters. The average Bonchev–Trinajstić information content (AvgIpc) is 2.67. The third kappa shape index (κ3) is 4.87. The monoisotopic (exact) mass is 338 g/mol. The molecule has 1 aromatic heterocycles. The molecule has 1 aromatic rings. The van der Waals surface area contributed by atoms with Crippen LogP contribution in [0.25, 0.3) is 0 Å². The smallest absolute Gasteiger partial charge is 0.0701 e. The lowest BCUT2D eigenvalue weighted by Crippen LogP contribution is -2.36. The van der Waals surface area contributed by atoms with E-state index in [1.165, 1.54) is 41.1 Å². The SMILES string of the molecule is CNCC1CCN(Cc2ccc(Br)s2)CC1.Cl. The normalized spacial score (nSPS) is 18.0. The third-order valence-electron chi connectivity index (χ3n) is 3.21. The van der Waals surface area contributed by atoms with E-state index in [1.54, 1.807) is 0 Å². The first-order valence-electron chi connectivity index (χ1n) is 5.89. The van der Waals surface area contributed by atoms with Gasteiger partial charge in [-0.25, -0.2) is 0 Å². The minimum Gasteiger partial charge on any atom is -0.319 e. The molecule has 0 amide bonds. The second kappa shape index (κ2) is 7.74. The van der Waals surface area contributed by atoms with Crippen LogP contribution in [0.4, 0.5) is 0 Å². The van der Waals surface area contributed by atoms with Crippen LogP contribution < -0.4 is 5.32 Å². The molecule has 1 aliphatic heterocycles. The topological polar surface area (TPSA) is 15.3 Å². The largest absolute Gasteiger partial charge is 0.319 e. The molecule has 17 heavy (non-hydrogen) atoms. The Hall–Kier alpha value is 0.390. The van der Waals surface area contributed by atoms with Crippen LogP contribution in [0.1, 0.15) is 17.7 Å². The molecule has 1 N–H and O–H groups in total. The van der Waals surface area contributed by atoms with Crippen molar-refractivity contribution in [1.29, 1.82) is 0 Å². The summed E-state index contributed by atoms with van der Waals surface area (Å²) in [5.74, 6) is 0.885. The average molecular weight is 340 g/mol. The summed E-state index contributed by atoms with van der Waals surface area (Å²) >= 11 is 5.37. The van der Waals surface area contributed by atoms with E-state index in [2.05, 4.69) is 45.3 Å². The first-order chi connectivity index (χ1) is 7.78. The number of hydrogen-bond donors (Lipinski definition) is 1. The first-order valence-corrected chi connectivity index (χ1v) is 7.50. The van der Waals surface area contributed by atoms with Crippen molar-refractivity contribution in [2.45, 2.75) is 19.4 Å². The minimum absolute atomic E-state index is 0. The number of piperidine rings is 1. The number of rotatable bonds is 4. The van der Waals surface area contributed by atoms with Gasteiger partial charge in [0.2, 0.25) is 0 Å². The molecule has 0 radical (unpaired) electrons. The number of halogens is 2. The fourth-order valence-corrected chi connectivity index (χ4v) is 3.82. The molecule has 0 bridgehead atoms. The molecule has 0 saturated carbocycles. The standard InChI is InChI=1S/C12H19BrN2S.ClH/c1-14-8-10-4-6-15(7-5-10)9-11-2-3-12(13)16-11;/h2-3,10,14H,4-9H2,1H3;1H. The molecular weight excluding hydrogens is 320 g/mol. The zero-order valence-corrected chi connectivity index (χ0v) is 13.3. The van der Waals surface area contributed by atoms with Gasteiger partial charge in [-0.2, -0.15) is 0 Å². The van der Waals surface area contributed by atoms with Crippen LogP contribution in [0, 0.1) is 5.92 Å². The molecule has 2 heterocycles. The highest BCUT2D eigenvalue weighted by atomic mass is 79.9. The Morgan fingerprint density at radius 1 is 1.41 bits per heavy atom. The lowest BCUT2D eigenvalue weighted by molar-refractivity contribution is 0.178. The summed E-state index contributed by atoms with van der Waals surface area (Å²) in [6, 6.07) is 4.38. The quantitative estimate of drug-likeness (QED) is 0.905. The Labute approximate surface area is 122 Å². The molecule has 5 heteroatoms. The molecule has 98 valence electrons. The molecule has 0 aliphatic carbocycles. The summed E-state index contributed by atoms with van der Waals surface area (Å²) in [5.41, 5.74) is 0. The van der Waals surface area contributed by atoms with Crippen molar-refractivity contribution in [3.63, 3.8) is 0 Å². The fraction of sp³-hybridized carbons (Fsp3) is 0.667. The summed E-state index contributed by atoms with van der Waals surface area (Å²) < 4.78 is 1.24. The van der Waals surface area contributed by atoms with Gasteiger partial charge < -0.3 is 5.32 Å². The van der Waals surface area contributed by atoms with E-state index in [0.717, 1.165) is 12.5 Å². The highest BCUT2D eigenvalue weighted by molar-refractivity contribution is 9.11. The van der Waals surface area contributed by atoms with Crippen LogP contribution in [0.3, 0.4) is 0 Å². The second-order valence-electron chi connectivity index (χ2n) is 4.48. The van der Waals surface area contributed by atoms with Gasteiger partial charge in [0.25, 0.3) is 0 Å². The molecule has 2 nitrogen and oxygen atoms in total. The van der Waals surface area contributed by atoms with Crippen molar-refractivity contribution >= 4 is 39.7 Å². The zero-order valence-electron chi connectivity index (χ0n) is 10.1. The van der Waals surface area contributed by atoms with Crippen LogP contribution in [-0.2, 0) is 6.54 Å². The third-order valence-corrected chi connectivity index (χ3v) is 4.82. The lowest BCUT2D eigenvalue weighted by atomic mass is 9.97. The molecule has 2 rings (SSSR count). The highest BCUT2D eigenvalue weighted by Gasteiger charge is 2.18. The van der Waals surface area contributed by atoms with Crippen molar-refractivity contribution in [2.24, 2.45) is 5.92 Å². The van der Waals surface area contributed by atoms with E-state index < -0.39 is 0 Å². The highest BCUT2D eigenvalue weighted by Crippen LogP contribution is 2.25. The molecule has 0 aromatic carbocycles. The molecule has 1 aliphatic rings. The van der Waals surface area contributed by atoms with Crippen molar-refractivity contribution in [3.8, 4) is 0 Å². The molecule has 0 atom stereocenters. The van der Waals surface area contributed by atoms with E-state index in [-0.39, 0.29) is 12.4 Å². The van der Waals surface area contributed by atoms with E-state index >= 15 is 0 Å². The number of nitrogens with zero attached hydrogens (tertiary/aromatic N) is 1. The maximum absolute atomic E-state index is 3.52. The lowest BCUT2D eigenvalue weighted by Gasteiger charge is -2.31. The second-order valence-corrected chi connectivity index (χ2v) is 7.03. The number of likely N-dealkylation sites (tertiary alicyclic amines) is 1. The van der Waals surface area contributed by atoms with Gasteiger partial charge in [0.05, 0.1) is 3.79 Å². The first kappa shape index (κ1) is 15.4. The van der Waals surface area contributed by atoms with Gasteiger partial charge >= 0.3 is 0 Å². The summed E-state index contributed by atoms with van der Waals surface area (Å²) in [6.45, 7) is 4.81. The van der Waals surface area contributed by atoms with E-state index in [0.29, 0.717) is 0 Å². The van der Waals surface area contributed by atoms with Gasteiger partial charge in [-0.1, -0.05) is 0 Å². The number of thiophene rings is 1. The molecular formula is C12H20BrClN2S. The van der Waals surface area contributed by atoms with Crippen LogP contribution >= 0.6 is 39.7 Å². The Balaban J connectivity index is 0.00000144. The van der Waals surface area contributed by atoms with Gasteiger partial charge in [-0.15, -0.1) is 23.7 Å². The Morgan fingerprint density at radius 2 is 2.12 bits per heavy atom. The van der Waals surface area contributed by atoms with Crippen LogP contribution in [0.5, 0.6) is 0 Å². The predicted octanol–water partition coefficient (Wildman–Crippen LogP) is 3.36. The molecule has 1 fully saturated rings. The van der Waals surface area contributed by atoms with Crippen molar-refractivity contribution in [1.82, 2.24) is 10.2 Å². The Morgan fingerprint density at radius 3 is 2.65 bits per heavy atom. The van der Waals surface area contributed by atoms with Crippen LogP contribution in [0.2, 0.25) is 0 Å². The van der Waals surface area contributed by atoms with Gasteiger partial charge in [0.1, 0.15) is 0 Å². The van der Waals surface area contributed by atoms with Gasteiger partial charge in [-0.05, 0) is 73.5 Å². The molecule has 1 saturated heterocycles. The number of hydrogen-bond acceptors (Lipinski definition) is 3. The predicted molar refractivity (Wildman–Crippen MR) is 81.2 cm³/mol. The summed E-state index contributed by atoms with van der Waals surface area (Å²) in [6.07, 6.45) is 2.68. The van der Waals surface area contributed by atoms with Crippen molar-refractivity contribution in [2.75, 3.05) is 26.7 Å². The van der Waals surface area contributed by atoms with Crippen molar-refractivity contribution in [3.05, 3.63) is 20.8 Å². The minimum atomic E-state index is 0. The zero-order chi connectivity index (χ0) is 11.4. The van der Waals surface area contributed by atoms with Gasteiger partial charge in [-0.3, -0.25) is 4.90 Å². The van der Waals surface area contributed by atoms with Gasteiger partial charge in [0.15, 0.2) is 0 Å². The van der Waals surface area contributed by atoms with Crippen LogP contribution in [0.15, 0.2) is 15.9 Å². The summed E-state index contributed by atoms with van der Waals surface area (Å²) in [5, 5.41) is 3.28. The summed E-state index contributed by atoms with van der Waals surface area (Å²) in [7, 11) is 2.05. The van der Waals surface area contributed by atoms with E-state index in [1.807, 2.05) is 11.3 Å². The Kier molecular flexibility index (Phi) is 7.04. The maximum Gasteiger partial charge on any atom is 0.0701 e. The summed E-state index contributed by atoms with van der Waals surface area (Å²) in [4.78, 5) is 4.05. The van der Waals surface area contributed by atoms with Crippen molar-refractivity contribution < 1.29 is 0 Å². The van der Waals surface area contributed by atoms with E-state index in [9.17, 15) is 0 Å². The fourth-order valence-electron chi connectivity index (χ4n) is 2.29. The number of nitrogens with one attached hydrogen (secondary N) is 1. The van der Waals surface area contributed by atoms with Gasteiger partial charge in [0, 0.05) is 11.4 Å². The Bertz CT molecular complexity index is 324.